The zero-order valence-electron chi connectivity index (χ0n) is 12.5. The topological polar surface area (TPSA) is 25.2 Å². The third kappa shape index (κ3) is 4.29. The van der Waals surface area contributed by atoms with Crippen LogP contribution in [0.2, 0.25) is 0 Å². The molecule has 1 N–H and O–H groups in total. The van der Waals surface area contributed by atoms with E-state index in [0.29, 0.717) is 6.04 Å². The zero-order chi connectivity index (χ0) is 14.2. The molecule has 0 bridgehead atoms. The molecule has 3 heteroatoms. The van der Waals surface area contributed by atoms with Crippen molar-refractivity contribution in [3.8, 4) is 0 Å². The normalized spacial score (nSPS) is 12.9. The number of benzene rings is 1. The van der Waals surface area contributed by atoms with Crippen molar-refractivity contribution in [1.82, 2.24) is 5.32 Å². The van der Waals surface area contributed by atoms with Crippen LogP contribution in [0.1, 0.15) is 44.9 Å². The average molecular weight is 291 g/mol. The molecule has 110 valence electrons. The van der Waals surface area contributed by atoms with E-state index in [1.165, 1.54) is 24.0 Å². The van der Waals surface area contributed by atoms with Crippen LogP contribution in [0.15, 0.2) is 34.7 Å². The highest BCUT2D eigenvalue weighted by molar-refractivity contribution is 7.99. The van der Waals surface area contributed by atoms with Crippen molar-refractivity contribution < 1.29 is 4.42 Å². The largest absolute Gasteiger partial charge is 0.459 e. The first-order valence-electron chi connectivity index (χ1n) is 7.64. The Hall–Kier alpha value is -0.930. The maximum Gasteiger partial charge on any atom is 0.134 e. The van der Waals surface area contributed by atoms with Crippen molar-refractivity contribution in [2.24, 2.45) is 0 Å². The van der Waals surface area contributed by atoms with Crippen LogP contribution >= 0.6 is 11.8 Å². The van der Waals surface area contributed by atoms with Gasteiger partial charge >= 0.3 is 0 Å². The third-order valence-electron chi connectivity index (χ3n) is 3.36. The summed E-state index contributed by atoms with van der Waals surface area (Å²) in [7, 11) is 0. The molecule has 0 aliphatic carbocycles. The second-order valence-electron chi connectivity index (χ2n) is 5.12. The Kier molecular flexibility index (Phi) is 6.48. The van der Waals surface area contributed by atoms with Crippen LogP contribution in [-0.2, 0) is 0 Å². The first kappa shape index (κ1) is 15.5. The molecule has 1 atom stereocenters. The Morgan fingerprint density at radius 1 is 1.20 bits per heavy atom. The lowest BCUT2D eigenvalue weighted by molar-refractivity contribution is 0.456. The van der Waals surface area contributed by atoms with Crippen LogP contribution in [0.4, 0.5) is 0 Å². The van der Waals surface area contributed by atoms with Crippen molar-refractivity contribution in [1.29, 1.82) is 0 Å². The molecule has 2 rings (SSSR count). The number of hydrogen-bond donors (Lipinski definition) is 1. The summed E-state index contributed by atoms with van der Waals surface area (Å²) in [6.45, 7) is 5.48. The van der Waals surface area contributed by atoms with E-state index in [0.717, 1.165) is 30.1 Å². The standard InChI is InChI=1S/C17H25NOS/c1-3-5-11-20-13-15(18-10-4-2)17-12-14-8-6-7-9-16(14)19-17/h6-9,12,15,18H,3-5,10-11,13H2,1-2H3. The highest BCUT2D eigenvalue weighted by atomic mass is 32.2. The minimum atomic E-state index is 0.323. The van der Waals surface area contributed by atoms with Gasteiger partial charge in [0.25, 0.3) is 0 Å². The minimum Gasteiger partial charge on any atom is -0.459 e. The molecule has 1 aromatic carbocycles. The van der Waals surface area contributed by atoms with Crippen LogP contribution in [0.3, 0.4) is 0 Å². The molecule has 0 saturated heterocycles. The van der Waals surface area contributed by atoms with Crippen molar-refractivity contribution >= 4 is 22.7 Å². The fraction of sp³-hybridized carbons (Fsp3) is 0.529. The number of hydrogen-bond acceptors (Lipinski definition) is 3. The van der Waals surface area contributed by atoms with Crippen molar-refractivity contribution in [2.75, 3.05) is 18.1 Å². The van der Waals surface area contributed by atoms with E-state index in [1.807, 2.05) is 23.9 Å². The number of rotatable bonds is 9. The van der Waals surface area contributed by atoms with E-state index >= 15 is 0 Å². The van der Waals surface area contributed by atoms with Gasteiger partial charge in [-0.1, -0.05) is 38.5 Å². The van der Waals surface area contributed by atoms with Crippen molar-refractivity contribution in [3.05, 3.63) is 36.1 Å². The van der Waals surface area contributed by atoms with Gasteiger partial charge in [-0.25, -0.2) is 0 Å². The molecule has 20 heavy (non-hydrogen) atoms. The van der Waals surface area contributed by atoms with Crippen LogP contribution in [0, 0.1) is 0 Å². The molecule has 0 aliphatic rings. The Morgan fingerprint density at radius 2 is 2.05 bits per heavy atom. The second kappa shape index (κ2) is 8.38. The molecule has 0 aliphatic heterocycles. The summed E-state index contributed by atoms with van der Waals surface area (Å²) in [6.07, 6.45) is 3.71. The van der Waals surface area contributed by atoms with Gasteiger partial charge in [0, 0.05) is 11.1 Å². The molecule has 0 spiro atoms. The molecule has 0 saturated carbocycles. The Bertz CT molecular complexity index is 475. The number of nitrogens with one attached hydrogen (secondary N) is 1. The first-order valence-corrected chi connectivity index (χ1v) is 8.80. The van der Waals surface area contributed by atoms with Crippen LogP contribution in [0.25, 0.3) is 11.0 Å². The van der Waals surface area contributed by atoms with E-state index in [4.69, 9.17) is 4.42 Å². The smallest absolute Gasteiger partial charge is 0.134 e. The summed E-state index contributed by atoms with van der Waals surface area (Å²) >= 11 is 2.02. The highest BCUT2D eigenvalue weighted by Crippen LogP contribution is 2.26. The SMILES string of the molecule is CCCCSCC(NCCC)c1cc2ccccc2o1. The van der Waals surface area contributed by atoms with Gasteiger partial charge in [-0.15, -0.1) is 0 Å². The monoisotopic (exact) mass is 291 g/mol. The van der Waals surface area contributed by atoms with E-state index in [-0.39, 0.29) is 0 Å². The molecule has 0 radical (unpaired) electrons. The summed E-state index contributed by atoms with van der Waals surface area (Å²) in [4.78, 5) is 0. The molecule has 1 aromatic heterocycles. The molecule has 1 unspecified atom stereocenters. The summed E-state index contributed by atoms with van der Waals surface area (Å²) in [6, 6.07) is 10.8. The van der Waals surface area contributed by atoms with E-state index in [9.17, 15) is 0 Å². The number of thioether (sulfide) groups is 1. The molecule has 0 fully saturated rings. The van der Waals surface area contributed by atoms with Gasteiger partial charge in [0.05, 0.1) is 6.04 Å². The van der Waals surface area contributed by atoms with E-state index in [1.54, 1.807) is 0 Å². The molecular formula is C17H25NOS. The van der Waals surface area contributed by atoms with Crippen LogP contribution in [0.5, 0.6) is 0 Å². The lowest BCUT2D eigenvalue weighted by Gasteiger charge is -2.15. The fourth-order valence-electron chi connectivity index (χ4n) is 2.18. The van der Waals surface area contributed by atoms with Gasteiger partial charge in [-0.05, 0) is 37.3 Å². The van der Waals surface area contributed by atoms with Gasteiger partial charge in [0.2, 0.25) is 0 Å². The maximum absolute atomic E-state index is 6.01. The number of para-hydroxylation sites is 1. The van der Waals surface area contributed by atoms with Crippen molar-refractivity contribution in [2.45, 2.75) is 39.2 Å². The van der Waals surface area contributed by atoms with Crippen molar-refractivity contribution in [3.63, 3.8) is 0 Å². The minimum absolute atomic E-state index is 0.323. The second-order valence-corrected chi connectivity index (χ2v) is 6.27. The Morgan fingerprint density at radius 3 is 2.80 bits per heavy atom. The van der Waals surface area contributed by atoms with Gasteiger partial charge in [0.1, 0.15) is 11.3 Å². The first-order chi connectivity index (χ1) is 9.85. The van der Waals surface area contributed by atoms with Gasteiger partial charge in [0.15, 0.2) is 0 Å². The van der Waals surface area contributed by atoms with Gasteiger partial charge < -0.3 is 9.73 Å². The maximum atomic E-state index is 6.01. The molecule has 2 aromatic rings. The van der Waals surface area contributed by atoms with E-state index < -0.39 is 0 Å². The summed E-state index contributed by atoms with van der Waals surface area (Å²) < 4.78 is 6.01. The molecule has 0 amide bonds. The van der Waals surface area contributed by atoms with Gasteiger partial charge in [-0.3, -0.25) is 0 Å². The predicted molar refractivity (Wildman–Crippen MR) is 89.5 cm³/mol. The predicted octanol–water partition coefficient (Wildman–Crippen LogP) is 5.01. The Balaban J connectivity index is 2.04. The average Bonchev–Trinajstić information content (AvgIpc) is 2.90. The summed E-state index contributed by atoms with van der Waals surface area (Å²) in [5.41, 5.74) is 0.990. The fourth-order valence-corrected chi connectivity index (χ4v) is 3.36. The molecular weight excluding hydrogens is 266 g/mol. The molecule has 2 nitrogen and oxygen atoms in total. The number of furan rings is 1. The Labute approximate surface area is 126 Å². The molecule has 1 heterocycles. The quantitative estimate of drug-likeness (QED) is 0.658. The lowest BCUT2D eigenvalue weighted by atomic mass is 10.2. The summed E-state index contributed by atoms with van der Waals surface area (Å²) in [5.74, 6) is 3.39. The summed E-state index contributed by atoms with van der Waals surface area (Å²) in [5, 5.41) is 4.81. The van der Waals surface area contributed by atoms with E-state index in [2.05, 4.69) is 37.4 Å². The van der Waals surface area contributed by atoms with Crippen LogP contribution in [-0.4, -0.2) is 18.1 Å². The van der Waals surface area contributed by atoms with Gasteiger partial charge in [-0.2, -0.15) is 11.8 Å². The number of fused-ring (bicyclic) bond motifs is 1. The zero-order valence-corrected chi connectivity index (χ0v) is 13.3. The highest BCUT2D eigenvalue weighted by Gasteiger charge is 2.15. The number of unbranched alkanes of at least 4 members (excludes halogenated alkanes) is 1. The van der Waals surface area contributed by atoms with Crippen LogP contribution < -0.4 is 5.32 Å². The lowest BCUT2D eigenvalue weighted by Crippen LogP contribution is -2.23. The third-order valence-corrected chi connectivity index (χ3v) is 4.50.